The van der Waals surface area contributed by atoms with E-state index in [4.69, 9.17) is 5.73 Å². The normalized spacial score (nSPS) is 18.0. The Morgan fingerprint density at radius 2 is 1.86 bits per heavy atom. The number of benzene rings is 2. The molecule has 0 aliphatic heterocycles. The predicted molar refractivity (Wildman–Crippen MR) is 163 cm³/mol. The van der Waals surface area contributed by atoms with Gasteiger partial charge in [-0.15, -0.1) is 0 Å². The summed E-state index contributed by atoms with van der Waals surface area (Å²) in [6.07, 6.45) is 7.74. The van der Waals surface area contributed by atoms with Crippen LogP contribution in [0.3, 0.4) is 0 Å². The van der Waals surface area contributed by atoms with E-state index in [0.717, 1.165) is 31.4 Å². The van der Waals surface area contributed by atoms with Gasteiger partial charge in [0.15, 0.2) is 12.0 Å². The number of anilines is 2. The number of aromatic nitrogens is 4. The number of fused-ring (bicyclic) bond motifs is 1. The van der Waals surface area contributed by atoms with Crippen LogP contribution in [-0.4, -0.2) is 37.5 Å². The van der Waals surface area contributed by atoms with Crippen LogP contribution >= 0.6 is 0 Å². The van der Waals surface area contributed by atoms with E-state index in [1.54, 1.807) is 54.2 Å². The number of hydrogen-bond donors (Lipinski definition) is 3. The van der Waals surface area contributed by atoms with Crippen LogP contribution < -0.4 is 16.6 Å². The molecule has 0 radical (unpaired) electrons. The molecule has 6 rings (SSSR count). The third-order valence-corrected chi connectivity index (χ3v) is 8.03. The Morgan fingerprint density at radius 3 is 2.60 bits per heavy atom. The third-order valence-electron chi connectivity index (χ3n) is 8.03. The summed E-state index contributed by atoms with van der Waals surface area (Å²) in [5.74, 6) is 0.495. The summed E-state index contributed by atoms with van der Waals surface area (Å²) >= 11 is 0. The minimum absolute atomic E-state index is 0.138. The molecule has 3 aromatic heterocycles. The lowest BCUT2D eigenvalue weighted by atomic mass is 9.81. The molecule has 42 heavy (non-hydrogen) atoms. The van der Waals surface area contributed by atoms with Gasteiger partial charge in [0.25, 0.3) is 5.56 Å². The summed E-state index contributed by atoms with van der Waals surface area (Å²) in [5.41, 5.74) is 9.55. The van der Waals surface area contributed by atoms with Crippen molar-refractivity contribution in [3.8, 4) is 16.8 Å². The van der Waals surface area contributed by atoms with Crippen molar-refractivity contribution in [1.82, 2.24) is 19.2 Å². The highest BCUT2D eigenvalue weighted by molar-refractivity contribution is 5.89. The lowest BCUT2D eigenvalue weighted by Gasteiger charge is -2.26. The van der Waals surface area contributed by atoms with Crippen molar-refractivity contribution in [3.05, 3.63) is 107 Å². The average molecular weight is 566 g/mol. The van der Waals surface area contributed by atoms with Crippen molar-refractivity contribution in [1.29, 1.82) is 0 Å². The quantitative estimate of drug-likeness (QED) is 0.181. The SMILES string of the molecule is C/N=C/[C@H]1CC[C@H](c2cc(-c3ccc(NC(O)c4cccn(-c5ccccc5)c4=O)cc3F)c3c(N)ncnn32)CC1. The van der Waals surface area contributed by atoms with Gasteiger partial charge < -0.3 is 21.1 Å². The predicted octanol–water partition coefficient (Wildman–Crippen LogP) is 5.35. The lowest BCUT2D eigenvalue weighted by Crippen LogP contribution is -2.26. The first-order valence-corrected chi connectivity index (χ1v) is 14.0. The first-order chi connectivity index (χ1) is 20.4. The van der Waals surface area contributed by atoms with Gasteiger partial charge in [0, 0.05) is 53.6 Å². The Labute approximate surface area is 242 Å². The number of nitrogens with two attached hydrogens (primary N) is 1. The van der Waals surface area contributed by atoms with Crippen molar-refractivity contribution in [2.75, 3.05) is 18.1 Å². The summed E-state index contributed by atoms with van der Waals surface area (Å²) in [5, 5.41) is 18.2. The zero-order valence-corrected chi connectivity index (χ0v) is 23.2. The van der Waals surface area contributed by atoms with Gasteiger partial charge in [-0.05, 0) is 80.1 Å². The number of para-hydroxylation sites is 1. The molecule has 0 spiro atoms. The highest BCUT2D eigenvalue weighted by Gasteiger charge is 2.27. The van der Waals surface area contributed by atoms with Crippen molar-refractivity contribution in [3.63, 3.8) is 0 Å². The molecule has 0 amide bonds. The number of pyridine rings is 1. The van der Waals surface area contributed by atoms with Crippen molar-refractivity contribution in [2.24, 2.45) is 10.9 Å². The van der Waals surface area contributed by atoms with Crippen LogP contribution in [0.5, 0.6) is 0 Å². The van der Waals surface area contributed by atoms with Gasteiger partial charge in [-0.25, -0.2) is 13.9 Å². The second-order valence-electron chi connectivity index (χ2n) is 10.6. The number of aliphatic hydroxyl groups is 1. The Hall–Kier alpha value is -4.83. The zero-order valence-electron chi connectivity index (χ0n) is 23.2. The molecule has 1 unspecified atom stereocenters. The molecule has 0 bridgehead atoms. The lowest BCUT2D eigenvalue weighted by molar-refractivity contribution is 0.206. The van der Waals surface area contributed by atoms with Crippen molar-refractivity contribution in [2.45, 2.75) is 37.8 Å². The fourth-order valence-electron chi connectivity index (χ4n) is 5.93. The number of rotatable bonds is 7. The fourth-order valence-corrected chi connectivity index (χ4v) is 5.93. The van der Waals surface area contributed by atoms with Crippen molar-refractivity contribution >= 4 is 23.2 Å². The Morgan fingerprint density at radius 1 is 1.07 bits per heavy atom. The number of aliphatic imine (C=N–C) groups is 1. The standard InChI is InChI=1S/C32H32FN7O2/c1-35-18-20-9-11-21(12-10-20)28-17-26(29-30(34)36-19-37-40(28)29)24-14-13-22(16-27(24)33)38-31(41)25-8-5-15-39(32(25)42)23-6-3-2-4-7-23/h2-8,13-21,31,38,41H,9-12H2,1H3,(H2,34,36,37)/b35-18+/t20-,21-,31?. The van der Waals surface area contributed by atoms with Crippen LogP contribution in [0.25, 0.3) is 22.3 Å². The second-order valence-corrected chi connectivity index (χ2v) is 10.6. The Bertz CT molecular complexity index is 1810. The van der Waals surface area contributed by atoms with Crippen LogP contribution in [0.1, 0.15) is 49.1 Å². The van der Waals surface area contributed by atoms with Crippen LogP contribution in [0, 0.1) is 11.7 Å². The molecule has 1 fully saturated rings. The van der Waals surface area contributed by atoms with Crippen molar-refractivity contribution < 1.29 is 9.50 Å². The van der Waals surface area contributed by atoms with Crippen LogP contribution in [0.4, 0.5) is 15.9 Å². The smallest absolute Gasteiger partial charge is 0.262 e. The maximum atomic E-state index is 15.7. The molecule has 214 valence electrons. The van der Waals surface area contributed by atoms with Gasteiger partial charge in [0.2, 0.25) is 0 Å². The van der Waals surface area contributed by atoms with E-state index in [9.17, 15) is 9.90 Å². The molecule has 10 heteroatoms. The van der Waals surface area contributed by atoms with Crippen LogP contribution in [0.15, 0.2) is 89.0 Å². The van der Waals surface area contributed by atoms with Crippen LogP contribution in [0.2, 0.25) is 0 Å². The van der Waals surface area contributed by atoms with Gasteiger partial charge in [-0.1, -0.05) is 18.2 Å². The van der Waals surface area contributed by atoms with E-state index >= 15 is 4.39 Å². The largest absolute Gasteiger partial charge is 0.382 e. The van der Waals surface area contributed by atoms with Gasteiger partial charge in [-0.2, -0.15) is 5.10 Å². The summed E-state index contributed by atoms with van der Waals surface area (Å²) in [7, 11) is 1.80. The molecule has 5 aromatic rings. The maximum Gasteiger partial charge on any atom is 0.262 e. The molecular formula is C32H32FN7O2. The first kappa shape index (κ1) is 27.3. The van der Waals surface area contributed by atoms with E-state index < -0.39 is 12.0 Å². The molecule has 1 saturated carbocycles. The third kappa shape index (κ3) is 5.16. The van der Waals surface area contributed by atoms with E-state index in [1.165, 1.54) is 17.0 Å². The summed E-state index contributed by atoms with van der Waals surface area (Å²) in [4.78, 5) is 21.5. The minimum Gasteiger partial charge on any atom is -0.382 e. The molecule has 9 nitrogen and oxygen atoms in total. The van der Waals surface area contributed by atoms with E-state index in [-0.39, 0.29) is 22.9 Å². The Balaban J connectivity index is 1.29. The topological polar surface area (TPSA) is 123 Å². The first-order valence-electron chi connectivity index (χ1n) is 14.0. The molecule has 3 heterocycles. The summed E-state index contributed by atoms with van der Waals surface area (Å²) < 4.78 is 19.0. The average Bonchev–Trinajstić information content (AvgIpc) is 3.39. The van der Waals surface area contributed by atoms with Gasteiger partial charge in [0.05, 0.1) is 5.56 Å². The highest BCUT2D eigenvalue weighted by atomic mass is 19.1. The molecule has 0 saturated heterocycles. The maximum absolute atomic E-state index is 15.7. The molecule has 1 aliphatic carbocycles. The number of hydrogen-bond acceptors (Lipinski definition) is 7. The van der Waals surface area contributed by atoms with E-state index in [2.05, 4.69) is 20.4 Å². The molecule has 1 aliphatic rings. The van der Waals surface area contributed by atoms with Crippen LogP contribution in [-0.2, 0) is 0 Å². The molecular weight excluding hydrogens is 533 g/mol. The summed E-state index contributed by atoms with van der Waals surface area (Å²) in [6, 6.07) is 18.9. The highest BCUT2D eigenvalue weighted by Crippen LogP contribution is 2.40. The molecule has 2 aromatic carbocycles. The van der Waals surface area contributed by atoms with E-state index in [0.29, 0.717) is 33.9 Å². The number of nitrogen functional groups attached to an aromatic ring is 1. The summed E-state index contributed by atoms with van der Waals surface area (Å²) in [6.45, 7) is 0. The monoisotopic (exact) mass is 565 g/mol. The number of halogens is 1. The molecule has 4 N–H and O–H groups in total. The van der Waals surface area contributed by atoms with Gasteiger partial charge >= 0.3 is 0 Å². The number of aliphatic hydroxyl groups excluding tert-OH is 1. The number of nitrogens with one attached hydrogen (secondary N) is 1. The fraction of sp³-hybridized carbons (Fsp3) is 0.250. The molecule has 1 atom stereocenters. The van der Waals surface area contributed by atoms with Gasteiger partial charge in [-0.3, -0.25) is 9.36 Å². The zero-order chi connectivity index (χ0) is 29.2. The minimum atomic E-state index is -1.35. The van der Waals surface area contributed by atoms with Gasteiger partial charge in [0.1, 0.15) is 17.7 Å². The van der Waals surface area contributed by atoms with E-state index in [1.807, 2.05) is 30.5 Å². The number of nitrogens with zero attached hydrogens (tertiary/aromatic N) is 5. The Kier molecular flexibility index (Phi) is 7.54. The second kappa shape index (κ2) is 11.6.